The number of hydrogen-bond donors (Lipinski definition) is 1. The molecule has 2 unspecified atom stereocenters. The molecule has 0 radical (unpaired) electrons. The second kappa shape index (κ2) is 9.54. The van der Waals surface area contributed by atoms with Gasteiger partial charge in [0, 0.05) is 23.1 Å². The Balaban J connectivity index is 1.85. The molecule has 212 valence electrons. The fraction of sp³-hybridized carbons (Fsp3) is 0.848. The van der Waals surface area contributed by atoms with E-state index in [9.17, 15) is 20.0 Å². The minimum atomic E-state index is -0.615. The maximum absolute atomic E-state index is 14.2. The summed E-state index contributed by atoms with van der Waals surface area (Å²) in [7, 11) is 0. The first kappa shape index (κ1) is 30.0. The van der Waals surface area contributed by atoms with Gasteiger partial charge in [-0.3, -0.25) is 9.59 Å². The molecular weight excluding hydrogens is 538 g/mol. The van der Waals surface area contributed by atoms with E-state index in [1.54, 1.807) is 0 Å². The van der Waals surface area contributed by atoms with E-state index in [1.165, 1.54) is 0 Å². The third kappa shape index (κ3) is 4.30. The summed E-state index contributed by atoms with van der Waals surface area (Å²) in [5, 5.41) is 21.7. The molecule has 8 atom stereocenters. The van der Waals surface area contributed by atoms with Crippen LogP contribution in [0.15, 0.2) is 11.6 Å². The SMILES string of the molecule is CC1(C)CCC2C(=O)C[C@@H]3[C@@]4(C)C=C(C#N)C(=O)C(C)(C)[C@@H]4CC[C@@]3(C)[C@]2(C)CC[C@@](C)(C(O)CBr)CC1. The van der Waals surface area contributed by atoms with Gasteiger partial charge in [0.25, 0.3) is 0 Å². The second-order valence-corrected chi connectivity index (χ2v) is 16.5. The number of hydrogen-bond acceptors (Lipinski definition) is 4. The first-order chi connectivity index (χ1) is 17.4. The Morgan fingerprint density at radius 3 is 2.16 bits per heavy atom. The van der Waals surface area contributed by atoms with Gasteiger partial charge in [0.2, 0.25) is 0 Å². The summed E-state index contributed by atoms with van der Waals surface area (Å²) in [5.74, 6) is 0.533. The molecule has 1 N–H and O–H groups in total. The quantitative estimate of drug-likeness (QED) is 0.334. The Morgan fingerprint density at radius 1 is 0.921 bits per heavy atom. The number of carbonyl (C=O) groups is 2. The molecule has 0 aliphatic heterocycles. The number of rotatable bonds is 2. The largest absolute Gasteiger partial charge is 0.392 e. The normalized spacial score (nSPS) is 45.5. The highest BCUT2D eigenvalue weighted by atomic mass is 79.9. The highest BCUT2D eigenvalue weighted by molar-refractivity contribution is 9.09. The van der Waals surface area contributed by atoms with Crippen molar-refractivity contribution in [2.75, 3.05) is 5.33 Å². The fourth-order valence-corrected chi connectivity index (χ4v) is 10.6. The monoisotopic (exact) mass is 587 g/mol. The molecule has 3 saturated carbocycles. The van der Waals surface area contributed by atoms with Crippen LogP contribution in [0.2, 0.25) is 0 Å². The number of aliphatic hydroxyl groups is 1. The van der Waals surface area contributed by atoms with Crippen molar-refractivity contribution in [3.63, 3.8) is 0 Å². The van der Waals surface area contributed by atoms with Crippen LogP contribution in [0.5, 0.6) is 0 Å². The van der Waals surface area contributed by atoms with Crippen molar-refractivity contribution < 1.29 is 14.7 Å². The number of Topliss-reactive ketones (excluding diaryl/α,β-unsaturated/α-hetero) is 2. The molecule has 0 heterocycles. The Kier molecular flexibility index (Phi) is 7.53. The predicted molar refractivity (Wildman–Crippen MR) is 156 cm³/mol. The summed E-state index contributed by atoms with van der Waals surface area (Å²) in [6.45, 7) is 18.0. The van der Waals surface area contributed by atoms with Crippen molar-refractivity contribution in [3.05, 3.63) is 11.6 Å². The van der Waals surface area contributed by atoms with Crippen LogP contribution in [0.4, 0.5) is 0 Å². The lowest BCUT2D eigenvalue weighted by Crippen LogP contribution is -2.65. The van der Waals surface area contributed by atoms with Gasteiger partial charge < -0.3 is 5.11 Å². The van der Waals surface area contributed by atoms with Crippen LogP contribution in [0.25, 0.3) is 0 Å². The first-order valence-electron chi connectivity index (χ1n) is 14.9. The van der Waals surface area contributed by atoms with Gasteiger partial charge in [-0.25, -0.2) is 0 Å². The minimum Gasteiger partial charge on any atom is -0.392 e. The van der Waals surface area contributed by atoms with Crippen molar-refractivity contribution in [3.8, 4) is 6.07 Å². The number of allylic oxidation sites excluding steroid dienone is 2. The van der Waals surface area contributed by atoms with Crippen LogP contribution >= 0.6 is 15.9 Å². The highest BCUT2D eigenvalue weighted by Crippen LogP contribution is 2.72. The van der Waals surface area contributed by atoms with Gasteiger partial charge in [-0.05, 0) is 90.3 Å². The average molecular weight is 589 g/mol. The molecule has 3 fully saturated rings. The van der Waals surface area contributed by atoms with Crippen molar-refractivity contribution in [1.29, 1.82) is 5.26 Å². The molecule has 0 bridgehead atoms. The molecule has 38 heavy (non-hydrogen) atoms. The van der Waals surface area contributed by atoms with Crippen molar-refractivity contribution >= 4 is 27.5 Å². The van der Waals surface area contributed by atoms with Gasteiger partial charge >= 0.3 is 0 Å². The first-order valence-corrected chi connectivity index (χ1v) is 16.0. The average Bonchev–Trinajstić information content (AvgIpc) is 2.84. The molecule has 4 rings (SSSR count). The zero-order chi connectivity index (χ0) is 28.5. The van der Waals surface area contributed by atoms with Crippen LogP contribution in [0.3, 0.4) is 0 Å². The number of halogens is 1. The Labute approximate surface area is 239 Å². The van der Waals surface area contributed by atoms with E-state index in [0.29, 0.717) is 17.5 Å². The molecule has 4 aliphatic carbocycles. The van der Waals surface area contributed by atoms with E-state index in [2.05, 4.69) is 63.5 Å². The molecule has 5 heteroatoms. The Morgan fingerprint density at radius 2 is 1.55 bits per heavy atom. The molecule has 0 aromatic rings. The van der Waals surface area contributed by atoms with Crippen molar-refractivity contribution in [1.82, 2.24) is 0 Å². The zero-order valence-corrected chi connectivity index (χ0v) is 26.6. The summed E-state index contributed by atoms with van der Waals surface area (Å²) in [6, 6.07) is 2.22. The smallest absolute Gasteiger partial charge is 0.178 e. The van der Waals surface area contributed by atoms with Gasteiger partial charge in [0.05, 0.1) is 11.7 Å². The molecule has 0 spiro atoms. The van der Waals surface area contributed by atoms with E-state index in [0.717, 1.165) is 51.4 Å². The number of nitrogens with zero attached hydrogens (tertiary/aromatic N) is 1. The minimum absolute atomic E-state index is 0.00397. The number of fused-ring (bicyclic) bond motifs is 5. The molecule has 0 saturated heterocycles. The molecule has 0 amide bonds. The van der Waals surface area contributed by atoms with Crippen LogP contribution in [0.1, 0.15) is 113 Å². The number of ketones is 2. The zero-order valence-electron chi connectivity index (χ0n) is 25.0. The number of carbonyl (C=O) groups excluding carboxylic acids is 2. The molecule has 0 aromatic carbocycles. The van der Waals surface area contributed by atoms with Gasteiger partial charge in [0.1, 0.15) is 11.9 Å². The van der Waals surface area contributed by atoms with Crippen molar-refractivity contribution in [2.24, 2.45) is 50.2 Å². The van der Waals surface area contributed by atoms with Gasteiger partial charge in [-0.15, -0.1) is 0 Å². The molecular formula is C33H50BrNO3. The Bertz CT molecular complexity index is 1070. The van der Waals surface area contributed by atoms with Crippen LogP contribution in [-0.2, 0) is 9.59 Å². The lowest BCUT2D eigenvalue weighted by Gasteiger charge is -2.68. The summed E-state index contributed by atoms with van der Waals surface area (Å²) >= 11 is 3.56. The van der Waals surface area contributed by atoms with E-state index in [-0.39, 0.29) is 56.2 Å². The summed E-state index contributed by atoms with van der Waals surface area (Å²) in [6.07, 6.45) is 9.77. The standard InChI is InChI=1S/C33H50BrNO3/c1-28(2)11-9-22-23(36)17-25-31(6)18-21(20-35)27(38)29(3,4)24(31)10-12-33(25,8)32(22,7)16-15-30(5,14-13-28)26(37)19-34/h18,22,24-26,37H,9-17,19H2,1-8H3/t22?,24-,25+,26?,30-,31-,32+,33+/m0/s1. The third-order valence-corrected chi connectivity index (χ3v) is 13.6. The summed E-state index contributed by atoms with van der Waals surface area (Å²) in [4.78, 5) is 27.5. The molecule has 4 aliphatic rings. The summed E-state index contributed by atoms with van der Waals surface area (Å²) in [5.41, 5.74) is -1.14. The topological polar surface area (TPSA) is 78.2 Å². The number of aliphatic hydroxyl groups excluding tert-OH is 1. The Hall–Kier alpha value is -0.990. The fourth-order valence-electron chi connectivity index (χ4n) is 9.80. The predicted octanol–water partition coefficient (Wildman–Crippen LogP) is 7.82. The van der Waals surface area contributed by atoms with E-state index < -0.39 is 11.5 Å². The van der Waals surface area contributed by atoms with Crippen LogP contribution in [0, 0.1) is 61.6 Å². The maximum atomic E-state index is 14.2. The van der Waals surface area contributed by atoms with Gasteiger partial charge in [0.15, 0.2) is 5.78 Å². The third-order valence-electron chi connectivity index (χ3n) is 13.0. The maximum Gasteiger partial charge on any atom is 0.178 e. The second-order valence-electron chi connectivity index (χ2n) is 15.8. The number of nitriles is 1. The van der Waals surface area contributed by atoms with Crippen LogP contribution < -0.4 is 0 Å². The lowest BCUT2D eigenvalue weighted by atomic mass is 9.35. The van der Waals surface area contributed by atoms with E-state index >= 15 is 0 Å². The molecule has 4 nitrogen and oxygen atoms in total. The highest BCUT2D eigenvalue weighted by Gasteiger charge is 2.68. The van der Waals surface area contributed by atoms with E-state index in [4.69, 9.17) is 0 Å². The lowest BCUT2D eigenvalue weighted by molar-refractivity contribution is -0.192. The molecule has 0 aromatic heterocycles. The van der Waals surface area contributed by atoms with Crippen molar-refractivity contribution in [2.45, 2.75) is 119 Å². The van der Waals surface area contributed by atoms with Gasteiger partial charge in [-0.1, -0.05) is 77.4 Å². The summed E-state index contributed by atoms with van der Waals surface area (Å²) < 4.78 is 0. The van der Waals surface area contributed by atoms with Gasteiger partial charge in [-0.2, -0.15) is 5.26 Å². The van der Waals surface area contributed by atoms with Crippen LogP contribution in [-0.4, -0.2) is 28.1 Å². The van der Waals surface area contributed by atoms with E-state index in [1.807, 2.05) is 19.9 Å². The number of alkyl halides is 1.